The summed E-state index contributed by atoms with van der Waals surface area (Å²) < 4.78 is 16.6. The molecule has 2 heterocycles. The van der Waals surface area contributed by atoms with Crippen LogP contribution in [0.25, 0.3) is 11.0 Å². The van der Waals surface area contributed by atoms with Gasteiger partial charge in [0.1, 0.15) is 11.3 Å². The third-order valence-corrected chi connectivity index (χ3v) is 3.93. The molecule has 0 bridgehead atoms. The second kappa shape index (κ2) is 6.04. The highest BCUT2D eigenvalue weighted by atomic mass is 16.6. The van der Waals surface area contributed by atoms with Crippen LogP contribution in [-0.2, 0) is 9.53 Å². The average molecular weight is 344 g/mol. The summed E-state index contributed by atoms with van der Waals surface area (Å²) >= 11 is 0. The largest absolute Gasteiger partial charge is 0.483 e. The van der Waals surface area contributed by atoms with Crippen molar-refractivity contribution in [3.63, 3.8) is 0 Å². The minimum atomic E-state index is -1.25. The molecule has 1 aliphatic heterocycles. The molecule has 6 nitrogen and oxygen atoms in total. The molecule has 1 aromatic heterocycles. The number of hydrogen-bond acceptors (Lipinski definition) is 6. The van der Waals surface area contributed by atoms with Gasteiger partial charge in [0, 0.05) is 29.2 Å². The zero-order valence-corrected chi connectivity index (χ0v) is 14.5. The Morgan fingerprint density at radius 3 is 2.64 bits per heavy atom. The molecule has 1 aromatic carbocycles. The third-order valence-electron chi connectivity index (χ3n) is 3.93. The maximum Gasteiger partial charge on any atom is 0.336 e. The number of hydrogen-bond donors (Lipinski definition) is 1. The second-order valence-corrected chi connectivity index (χ2v) is 6.95. The van der Waals surface area contributed by atoms with E-state index in [0.717, 1.165) is 5.57 Å². The number of benzene rings is 1. The minimum absolute atomic E-state index is 0.372. The van der Waals surface area contributed by atoms with Crippen LogP contribution < -0.4 is 10.4 Å². The van der Waals surface area contributed by atoms with Crippen LogP contribution in [0.1, 0.15) is 39.4 Å². The summed E-state index contributed by atoms with van der Waals surface area (Å²) in [5.74, 6) is -0.0839. The van der Waals surface area contributed by atoms with Gasteiger partial charge in [-0.05, 0) is 39.8 Å². The molecule has 0 fully saturated rings. The monoisotopic (exact) mass is 344 g/mol. The molecule has 0 unspecified atom stereocenters. The quantitative estimate of drug-likeness (QED) is 0.523. The van der Waals surface area contributed by atoms with E-state index < -0.39 is 29.4 Å². The lowest BCUT2D eigenvalue weighted by atomic mass is 9.94. The van der Waals surface area contributed by atoms with Crippen LogP contribution in [0.5, 0.6) is 5.75 Å². The lowest BCUT2D eigenvalue weighted by molar-refractivity contribution is -0.154. The van der Waals surface area contributed by atoms with Crippen molar-refractivity contribution in [2.45, 2.75) is 45.5 Å². The Balaban J connectivity index is 2.08. The Morgan fingerprint density at radius 2 is 2.00 bits per heavy atom. The predicted octanol–water partition coefficient (Wildman–Crippen LogP) is 2.88. The van der Waals surface area contributed by atoms with Crippen molar-refractivity contribution in [3.8, 4) is 5.75 Å². The molecule has 1 N–H and O–H groups in total. The molecule has 0 saturated heterocycles. The van der Waals surface area contributed by atoms with Crippen molar-refractivity contribution in [2.75, 3.05) is 0 Å². The van der Waals surface area contributed by atoms with Gasteiger partial charge in [-0.25, -0.2) is 9.59 Å². The van der Waals surface area contributed by atoms with Gasteiger partial charge < -0.3 is 19.0 Å². The van der Waals surface area contributed by atoms with E-state index in [1.54, 1.807) is 45.9 Å². The Kier molecular flexibility index (Phi) is 4.16. The summed E-state index contributed by atoms with van der Waals surface area (Å²) in [5.41, 5.74) is 0.100. The van der Waals surface area contributed by atoms with Crippen molar-refractivity contribution in [2.24, 2.45) is 0 Å². The normalized spacial score (nSPS) is 19.2. The van der Waals surface area contributed by atoms with E-state index in [0.29, 0.717) is 22.3 Å². The molecular weight excluding hydrogens is 324 g/mol. The van der Waals surface area contributed by atoms with Gasteiger partial charge in [-0.3, -0.25) is 0 Å². The number of rotatable bonds is 3. The maximum absolute atomic E-state index is 12.1. The van der Waals surface area contributed by atoms with Gasteiger partial charge in [-0.1, -0.05) is 5.57 Å². The van der Waals surface area contributed by atoms with E-state index in [9.17, 15) is 14.7 Å². The Labute approximate surface area is 144 Å². The fourth-order valence-corrected chi connectivity index (χ4v) is 2.84. The molecule has 2 aromatic rings. The number of carbonyl (C=O) groups excluding carboxylic acids is 1. The molecule has 132 valence electrons. The summed E-state index contributed by atoms with van der Waals surface area (Å²) in [6.45, 7) is 6.77. The van der Waals surface area contributed by atoms with Crippen LogP contribution in [0.3, 0.4) is 0 Å². The first-order valence-corrected chi connectivity index (χ1v) is 7.97. The molecule has 3 rings (SSSR count). The molecule has 1 aliphatic rings. The standard InChI is InChI=1S/C19H20O6/c1-10(2)7-16(21)25-17-12-8-11-5-6-15(20)23-13(11)9-14(12)24-18(17)19(3,4)22/h5-9,17-18,22H,1-4H3/t17-,18+/m1/s1. The van der Waals surface area contributed by atoms with Crippen molar-refractivity contribution in [3.05, 3.63) is 51.9 Å². The number of allylic oxidation sites excluding steroid dienone is 1. The topological polar surface area (TPSA) is 86.0 Å². The van der Waals surface area contributed by atoms with E-state index in [1.165, 1.54) is 12.1 Å². The highest BCUT2D eigenvalue weighted by Gasteiger charge is 2.45. The average Bonchev–Trinajstić information content (AvgIpc) is 2.82. The number of fused-ring (bicyclic) bond motifs is 2. The minimum Gasteiger partial charge on any atom is -0.483 e. The van der Waals surface area contributed by atoms with Crippen LogP contribution in [0.2, 0.25) is 0 Å². The molecule has 0 aliphatic carbocycles. The van der Waals surface area contributed by atoms with Gasteiger partial charge in [-0.2, -0.15) is 0 Å². The number of aliphatic hydroxyl groups is 1. The number of ether oxygens (including phenoxy) is 2. The zero-order valence-electron chi connectivity index (χ0n) is 14.5. The molecule has 2 atom stereocenters. The summed E-state index contributed by atoms with van der Waals surface area (Å²) in [5, 5.41) is 11.1. The summed E-state index contributed by atoms with van der Waals surface area (Å²) in [4.78, 5) is 23.5. The molecule has 0 amide bonds. The van der Waals surface area contributed by atoms with E-state index in [4.69, 9.17) is 13.9 Å². The van der Waals surface area contributed by atoms with Crippen LogP contribution >= 0.6 is 0 Å². The van der Waals surface area contributed by atoms with E-state index in [-0.39, 0.29) is 0 Å². The molecule has 0 radical (unpaired) electrons. The van der Waals surface area contributed by atoms with Gasteiger partial charge in [0.2, 0.25) is 0 Å². The first kappa shape index (κ1) is 17.2. The highest BCUT2D eigenvalue weighted by molar-refractivity contribution is 5.84. The first-order valence-electron chi connectivity index (χ1n) is 7.97. The lowest BCUT2D eigenvalue weighted by Crippen LogP contribution is -2.43. The smallest absolute Gasteiger partial charge is 0.336 e. The van der Waals surface area contributed by atoms with Gasteiger partial charge >= 0.3 is 11.6 Å². The Hall–Kier alpha value is -2.60. The summed E-state index contributed by atoms with van der Waals surface area (Å²) in [6, 6.07) is 6.29. The van der Waals surface area contributed by atoms with Gasteiger partial charge in [-0.15, -0.1) is 0 Å². The predicted molar refractivity (Wildman–Crippen MR) is 91.5 cm³/mol. The molecule has 0 saturated carbocycles. The van der Waals surface area contributed by atoms with Gasteiger partial charge in [0.05, 0.1) is 5.60 Å². The lowest BCUT2D eigenvalue weighted by Gasteiger charge is -2.29. The summed E-state index contributed by atoms with van der Waals surface area (Å²) in [7, 11) is 0. The van der Waals surface area contributed by atoms with Crippen LogP contribution in [0, 0.1) is 0 Å². The SMILES string of the molecule is CC(C)=CC(=O)O[C@@H]1c2cc3ccc(=O)oc3cc2O[C@@H]1C(C)(C)O. The molecule has 25 heavy (non-hydrogen) atoms. The van der Waals surface area contributed by atoms with Crippen molar-refractivity contribution < 1.29 is 23.8 Å². The number of carbonyl (C=O) groups is 1. The van der Waals surface area contributed by atoms with E-state index >= 15 is 0 Å². The van der Waals surface area contributed by atoms with E-state index in [1.807, 2.05) is 0 Å². The van der Waals surface area contributed by atoms with Crippen LogP contribution in [-0.4, -0.2) is 22.8 Å². The summed E-state index contributed by atoms with van der Waals surface area (Å²) in [6.07, 6.45) is -0.158. The Morgan fingerprint density at radius 1 is 1.28 bits per heavy atom. The van der Waals surface area contributed by atoms with Gasteiger partial charge in [0.15, 0.2) is 12.2 Å². The molecule has 0 spiro atoms. The zero-order chi connectivity index (χ0) is 18.4. The maximum atomic E-state index is 12.1. The fraction of sp³-hybridized carbons (Fsp3) is 0.368. The third kappa shape index (κ3) is 3.44. The number of esters is 1. The molecular formula is C19H20O6. The van der Waals surface area contributed by atoms with Crippen LogP contribution in [0.15, 0.2) is 45.1 Å². The van der Waals surface area contributed by atoms with Crippen molar-refractivity contribution in [1.29, 1.82) is 0 Å². The van der Waals surface area contributed by atoms with E-state index in [2.05, 4.69) is 0 Å². The highest BCUT2D eigenvalue weighted by Crippen LogP contribution is 2.44. The van der Waals surface area contributed by atoms with Crippen molar-refractivity contribution >= 4 is 16.9 Å². The van der Waals surface area contributed by atoms with Crippen LogP contribution in [0.4, 0.5) is 0 Å². The second-order valence-electron chi connectivity index (χ2n) is 6.95. The Bertz CT molecular complexity index is 912. The fourth-order valence-electron chi connectivity index (χ4n) is 2.84. The molecule has 6 heteroatoms. The first-order chi connectivity index (χ1) is 11.6. The van der Waals surface area contributed by atoms with Crippen molar-refractivity contribution in [1.82, 2.24) is 0 Å². The van der Waals surface area contributed by atoms with Gasteiger partial charge in [0.25, 0.3) is 0 Å².